The summed E-state index contributed by atoms with van der Waals surface area (Å²) >= 11 is 0. The summed E-state index contributed by atoms with van der Waals surface area (Å²) in [6, 6.07) is 5.42. The maximum Gasteiger partial charge on any atom is 0.157 e. The van der Waals surface area contributed by atoms with Crippen LogP contribution in [0.3, 0.4) is 0 Å². The predicted octanol–water partition coefficient (Wildman–Crippen LogP) is 3.16. The highest BCUT2D eigenvalue weighted by Crippen LogP contribution is 2.24. The molecule has 3 nitrogen and oxygen atoms in total. The lowest BCUT2D eigenvalue weighted by Crippen LogP contribution is -2.25. The number of phenolic OH excluding ortho intramolecular Hbond substituents is 2. The Morgan fingerprint density at radius 1 is 1.18 bits per heavy atom. The highest BCUT2D eigenvalue weighted by molar-refractivity contribution is 5.40. The van der Waals surface area contributed by atoms with Crippen molar-refractivity contribution in [1.82, 2.24) is 5.32 Å². The third kappa shape index (κ3) is 5.09. The SMILES string of the molecule is CCCCCC(C)NCc1ccc(O)c(O)c1. The number of phenols is 2. The topological polar surface area (TPSA) is 52.5 Å². The van der Waals surface area contributed by atoms with Gasteiger partial charge in [-0.1, -0.05) is 32.3 Å². The molecule has 0 bridgehead atoms. The summed E-state index contributed by atoms with van der Waals surface area (Å²) < 4.78 is 0. The lowest BCUT2D eigenvalue weighted by molar-refractivity contribution is 0.402. The Kier molecular flexibility index (Phi) is 5.84. The van der Waals surface area contributed by atoms with Crippen molar-refractivity contribution in [1.29, 1.82) is 0 Å². The summed E-state index contributed by atoms with van der Waals surface area (Å²) in [4.78, 5) is 0. The number of rotatable bonds is 7. The molecule has 96 valence electrons. The Balaban J connectivity index is 2.31. The first-order valence-corrected chi connectivity index (χ1v) is 6.37. The molecule has 3 N–H and O–H groups in total. The maximum atomic E-state index is 9.36. The predicted molar refractivity (Wildman–Crippen MR) is 70.2 cm³/mol. The minimum Gasteiger partial charge on any atom is -0.504 e. The van der Waals surface area contributed by atoms with E-state index in [1.807, 2.05) is 6.07 Å². The fourth-order valence-electron chi connectivity index (χ4n) is 1.77. The Bertz CT molecular complexity index is 339. The zero-order valence-electron chi connectivity index (χ0n) is 10.7. The van der Waals surface area contributed by atoms with Crippen molar-refractivity contribution in [3.05, 3.63) is 23.8 Å². The molecule has 1 aromatic carbocycles. The second-order valence-electron chi connectivity index (χ2n) is 4.60. The molecule has 1 unspecified atom stereocenters. The normalized spacial score (nSPS) is 12.6. The first kappa shape index (κ1) is 13.8. The van der Waals surface area contributed by atoms with E-state index in [9.17, 15) is 10.2 Å². The summed E-state index contributed by atoms with van der Waals surface area (Å²) in [5, 5.41) is 22.0. The van der Waals surface area contributed by atoms with Crippen LogP contribution in [0.5, 0.6) is 11.5 Å². The summed E-state index contributed by atoms with van der Waals surface area (Å²) in [5.41, 5.74) is 0.989. The van der Waals surface area contributed by atoms with E-state index in [4.69, 9.17) is 0 Å². The van der Waals surface area contributed by atoms with Crippen LogP contribution in [0.1, 0.15) is 45.1 Å². The van der Waals surface area contributed by atoms with Gasteiger partial charge >= 0.3 is 0 Å². The molecule has 0 radical (unpaired) electrons. The highest BCUT2D eigenvalue weighted by atomic mass is 16.3. The molecule has 0 aliphatic carbocycles. The molecule has 0 aliphatic rings. The smallest absolute Gasteiger partial charge is 0.157 e. The van der Waals surface area contributed by atoms with Crippen LogP contribution in [-0.2, 0) is 6.54 Å². The summed E-state index contributed by atoms with van der Waals surface area (Å²) in [7, 11) is 0. The second kappa shape index (κ2) is 7.17. The fraction of sp³-hybridized carbons (Fsp3) is 0.571. The monoisotopic (exact) mass is 237 g/mol. The Morgan fingerprint density at radius 3 is 2.59 bits per heavy atom. The molecular formula is C14H23NO2. The van der Waals surface area contributed by atoms with Crippen molar-refractivity contribution >= 4 is 0 Å². The van der Waals surface area contributed by atoms with Gasteiger partial charge < -0.3 is 15.5 Å². The van der Waals surface area contributed by atoms with E-state index in [-0.39, 0.29) is 11.5 Å². The third-order valence-electron chi connectivity index (χ3n) is 2.94. The van der Waals surface area contributed by atoms with Crippen molar-refractivity contribution in [2.24, 2.45) is 0 Å². The minimum atomic E-state index is -0.0651. The van der Waals surface area contributed by atoms with Gasteiger partial charge in [-0.25, -0.2) is 0 Å². The number of hydrogen-bond acceptors (Lipinski definition) is 3. The Morgan fingerprint density at radius 2 is 1.94 bits per heavy atom. The number of benzene rings is 1. The molecule has 0 spiro atoms. The third-order valence-corrected chi connectivity index (χ3v) is 2.94. The molecule has 0 aliphatic heterocycles. The molecule has 1 aromatic rings. The van der Waals surface area contributed by atoms with Crippen LogP contribution >= 0.6 is 0 Å². The van der Waals surface area contributed by atoms with Crippen LogP contribution in [-0.4, -0.2) is 16.3 Å². The molecule has 0 fully saturated rings. The van der Waals surface area contributed by atoms with E-state index in [0.29, 0.717) is 6.04 Å². The largest absolute Gasteiger partial charge is 0.504 e. The average molecular weight is 237 g/mol. The van der Waals surface area contributed by atoms with E-state index in [1.165, 1.54) is 31.7 Å². The summed E-state index contributed by atoms with van der Waals surface area (Å²) in [6.07, 6.45) is 4.97. The van der Waals surface area contributed by atoms with Crippen LogP contribution in [0.4, 0.5) is 0 Å². The quantitative estimate of drug-likeness (QED) is 0.504. The van der Waals surface area contributed by atoms with Crippen molar-refractivity contribution in [3.8, 4) is 11.5 Å². The van der Waals surface area contributed by atoms with Gasteiger partial charge in [0.1, 0.15) is 0 Å². The van der Waals surface area contributed by atoms with Crippen molar-refractivity contribution in [2.45, 2.75) is 52.1 Å². The number of nitrogens with one attached hydrogen (secondary N) is 1. The Labute approximate surface area is 103 Å². The van der Waals surface area contributed by atoms with E-state index < -0.39 is 0 Å². The van der Waals surface area contributed by atoms with Gasteiger partial charge in [-0.05, 0) is 31.0 Å². The van der Waals surface area contributed by atoms with E-state index >= 15 is 0 Å². The van der Waals surface area contributed by atoms with Crippen molar-refractivity contribution in [2.75, 3.05) is 0 Å². The van der Waals surface area contributed by atoms with E-state index in [1.54, 1.807) is 6.07 Å². The standard InChI is InChI=1S/C14H23NO2/c1-3-4-5-6-11(2)15-10-12-7-8-13(16)14(17)9-12/h7-9,11,15-17H,3-6,10H2,1-2H3. The number of hydrogen-bond donors (Lipinski definition) is 3. The molecular weight excluding hydrogens is 214 g/mol. The van der Waals surface area contributed by atoms with Crippen LogP contribution in [0.2, 0.25) is 0 Å². The van der Waals surface area contributed by atoms with E-state index in [2.05, 4.69) is 19.2 Å². The second-order valence-corrected chi connectivity index (χ2v) is 4.60. The van der Waals surface area contributed by atoms with Gasteiger partial charge in [-0.3, -0.25) is 0 Å². The Hall–Kier alpha value is -1.22. The first-order valence-electron chi connectivity index (χ1n) is 6.37. The van der Waals surface area contributed by atoms with Gasteiger partial charge in [0, 0.05) is 12.6 Å². The minimum absolute atomic E-state index is 0.0528. The van der Waals surface area contributed by atoms with Gasteiger partial charge in [0.2, 0.25) is 0 Å². The van der Waals surface area contributed by atoms with Crippen molar-refractivity contribution in [3.63, 3.8) is 0 Å². The van der Waals surface area contributed by atoms with Crippen molar-refractivity contribution < 1.29 is 10.2 Å². The van der Waals surface area contributed by atoms with Crippen LogP contribution in [0.15, 0.2) is 18.2 Å². The van der Waals surface area contributed by atoms with Gasteiger partial charge in [0.05, 0.1) is 0 Å². The van der Waals surface area contributed by atoms with Gasteiger partial charge in [0.15, 0.2) is 11.5 Å². The van der Waals surface area contributed by atoms with Gasteiger partial charge in [0.25, 0.3) is 0 Å². The molecule has 17 heavy (non-hydrogen) atoms. The molecule has 3 heteroatoms. The van der Waals surface area contributed by atoms with Crippen LogP contribution in [0.25, 0.3) is 0 Å². The summed E-state index contributed by atoms with van der Waals surface area (Å²) in [6.45, 7) is 5.11. The van der Waals surface area contributed by atoms with Crippen LogP contribution < -0.4 is 5.32 Å². The molecule has 1 rings (SSSR count). The zero-order chi connectivity index (χ0) is 12.7. The molecule has 0 amide bonds. The fourth-order valence-corrected chi connectivity index (χ4v) is 1.77. The lowest BCUT2D eigenvalue weighted by Gasteiger charge is -2.13. The van der Waals surface area contributed by atoms with Gasteiger partial charge in [-0.2, -0.15) is 0 Å². The molecule has 0 heterocycles. The number of aromatic hydroxyl groups is 2. The molecule has 0 saturated carbocycles. The maximum absolute atomic E-state index is 9.36. The molecule has 0 saturated heterocycles. The average Bonchev–Trinajstić information content (AvgIpc) is 2.31. The summed E-state index contributed by atoms with van der Waals surface area (Å²) in [5.74, 6) is -0.118. The highest BCUT2D eigenvalue weighted by Gasteiger charge is 2.03. The first-order chi connectivity index (χ1) is 8.13. The van der Waals surface area contributed by atoms with Gasteiger partial charge in [-0.15, -0.1) is 0 Å². The zero-order valence-corrected chi connectivity index (χ0v) is 10.7. The lowest BCUT2D eigenvalue weighted by atomic mass is 10.1. The number of unbranched alkanes of at least 4 members (excludes halogenated alkanes) is 2. The molecule has 1 atom stereocenters. The molecule has 0 aromatic heterocycles. The van der Waals surface area contributed by atoms with Crippen LogP contribution in [0, 0.1) is 0 Å². The van der Waals surface area contributed by atoms with E-state index in [0.717, 1.165) is 12.1 Å².